The van der Waals surface area contributed by atoms with E-state index in [-0.39, 0.29) is 16.9 Å². The van der Waals surface area contributed by atoms with Gasteiger partial charge in [-0.15, -0.1) is 0 Å². The average molecular weight is 434 g/mol. The van der Waals surface area contributed by atoms with Crippen LogP contribution in [0.4, 0.5) is 13.2 Å². The highest BCUT2D eigenvalue weighted by molar-refractivity contribution is 5.99. The number of hydrogen-bond donors (Lipinski definition) is 2. The van der Waals surface area contributed by atoms with Gasteiger partial charge < -0.3 is 15.0 Å². The molecule has 1 aromatic carbocycles. The molecule has 1 fully saturated rings. The van der Waals surface area contributed by atoms with Crippen LogP contribution in [0, 0.1) is 0 Å². The van der Waals surface area contributed by atoms with E-state index in [1.165, 1.54) is 4.90 Å². The summed E-state index contributed by atoms with van der Waals surface area (Å²) in [5.74, 6) is -0.488. The van der Waals surface area contributed by atoms with E-state index in [1.54, 1.807) is 30.3 Å². The Morgan fingerprint density at radius 3 is 2.65 bits per heavy atom. The standard InChI is InChI=1S/C21H22F3N5O2/c22-21(23,24)18-13-17(15-5-2-1-3-6-15)27-19-16(14-26-29(18)19)20(30)25-7-4-8-28-9-11-31-12-10-28/h1-3,5-6,13-14H,4,7-12H2,(H,25,30)/p+1. The van der Waals surface area contributed by atoms with E-state index in [9.17, 15) is 18.0 Å². The van der Waals surface area contributed by atoms with Gasteiger partial charge in [0.25, 0.3) is 5.91 Å². The maximum Gasteiger partial charge on any atom is 0.433 e. The molecule has 2 aromatic heterocycles. The number of rotatable bonds is 6. The smallest absolute Gasteiger partial charge is 0.370 e. The molecule has 0 radical (unpaired) electrons. The molecule has 0 bridgehead atoms. The third kappa shape index (κ3) is 4.86. The molecule has 0 atom stereocenters. The first-order valence-electron chi connectivity index (χ1n) is 10.1. The van der Waals surface area contributed by atoms with Crippen LogP contribution in [0.1, 0.15) is 22.5 Å². The van der Waals surface area contributed by atoms with Gasteiger partial charge in [0, 0.05) is 18.5 Å². The van der Waals surface area contributed by atoms with Crippen molar-refractivity contribution in [3.8, 4) is 11.3 Å². The van der Waals surface area contributed by atoms with Gasteiger partial charge in [0.1, 0.15) is 18.7 Å². The Balaban J connectivity index is 1.55. The number of fused-ring (bicyclic) bond motifs is 1. The van der Waals surface area contributed by atoms with Gasteiger partial charge >= 0.3 is 6.18 Å². The Hall–Kier alpha value is -2.98. The zero-order valence-electron chi connectivity index (χ0n) is 16.8. The predicted molar refractivity (Wildman–Crippen MR) is 107 cm³/mol. The second-order valence-electron chi connectivity index (χ2n) is 7.41. The fourth-order valence-electron chi connectivity index (χ4n) is 3.63. The third-order valence-electron chi connectivity index (χ3n) is 5.27. The summed E-state index contributed by atoms with van der Waals surface area (Å²) in [4.78, 5) is 18.4. The Morgan fingerprint density at radius 2 is 1.94 bits per heavy atom. The first-order chi connectivity index (χ1) is 14.9. The number of quaternary nitrogens is 1. The Kier molecular flexibility index (Phi) is 6.19. The zero-order valence-corrected chi connectivity index (χ0v) is 16.8. The Bertz CT molecular complexity index is 1050. The molecular weight excluding hydrogens is 411 g/mol. The summed E-state index contributed by atoms with van der Waals surface area (Å²) in [5.41, 5.74) is -0.430. The van der Waals surface area contributed by atoms with E-state index in [0.29, 0.717) is 16.6 Å². The second kappa shape index (κ2) is 9.03. The minimum atomic E-state index is -4.65. The van der Waals surface area contributed by atoms with Crippen LogP contribution in [-0.2, 0) is 10.9 Å². The molecule has 1 amide bonds. The number of benzene rings is 1. The lowest BCUT2D eigenvalue weighted by molar-refractivity contribution is -0.908. The van der Waals surface area contributed by atoms with Gasteiger partial charge in [-0.1, -0.05) is 30.3 Å². The molecule has 3 heterocycles. The number of amides is 1. The SMILES string of the molecule is O=C(NCCC[NH+]1CCOCC1)c1cnn2c(C(F)(F)F)cc(-c3ccccc3)nc12. The van der Waals surface area contributed by atoms with E-state index in [2.05, 4.69) is 15.4 Å². The largest absolute Gasteiger partial charge is 0.433 e. The summed E-state index contributed by atoms with van der Waals surface area (Å²) in [6.07, 6.45) is -2.75. The van der Waals surface area contributed by atoms with E-state index < -0.39 is 17.8 Å². The molecule has 1 aliphatic rings. The maximum absolute atomic E-state index is 13.6. The number of nitrogens with zero attached hydrogens (tertiary/aromatic N) is 3. The molecule has 0 saturated carbocycles. The van der Waals surface area contributed by atoms with Crippen LogP contribution in [0.5, 0.6) is 0 Å². The van der Waals surface area contributed by atoms with Crippen molar-refractivity contribution in [3.05, 3.63) is 53.9 Å². The average Bonchev–Trinajstić information content (AvgIpc) is 3.20. The Labute approximate surface area is 176 Å². The van der Waals surface area contributed by atoms with Gasteiger partial charge in [-0.05, 0) is 6.07 Å². The van der Waals surface area contributed by atoms with Crippen molar-refractivity contribution < 1.29 is 27.6 Å². The van der Waals surface area contributed by atoms with Crippen molar-refractivity contribution in [1.29, 1.82) is 0 Å². The van der Waals surface area contributed by atoms with Crippen LogP contribution >= 0.6 is 0 Å². The summed E-state index contributed by atoms with van der Waals surface area (Å²) in [7, 11) is 0. The maximum atomic E-state index is 13.6. The molecule has 7 nitrogen and oxygen atoms in total. The monoisotopic (exact) mass is 434 g/mol. The number of aromatic nitrogens is 3. The highest BCUT2D eigenvalue weighted by Gasteiger charge is 2.36. The lowest BCUT2D eigenvalue weighted by Crippen LogP contribution is -3.14. The van der Waals surface area contributed by atoms with Gasteiger partial charge in [0.15, 0.2) is 11.3 Å². The summed E-state index contributed by atoms with van der Waals surface area (Å²) in [5, 5.41) is 6.57. The van der Waals surface area contributed by atoms with Crippen molar-refractivity contribution >= 4 is 11.6 Å². The van der Waals surface area contributed by atoms with Crippen molar-refractivity contribution in [3.63, 3.8) is 0 Å². The van der Waals surface area contributed by atoms with E-state index in [0.717, 1.165) is 51.5 Å². The van der Waals surface area contributed by atoms with Crippen LogP contribution in [0.3, 0.4) is 0 Å². The molecule has 10 heteroatoms. The molecule has 31 heavy (non-hydrogen) atoms. The van der Waals surface area contributed by atoms with Crippen molar-refractivity contribution in [2.24, 2.45) is 0 Å². The van der Waals surface area contributed by atoms with E-state index in [4.69, 9.17) is 4.74 Å². The van der Waals surface area contributed by atoms with E-state index in [1.807, 2.05) is 0 Å². The van der Waals surface area contributed by atoms with Crippen LogP contribution in [0.2, 0.25) is 0 Å². The number of carbonyl (C=O) groups excluding carboxylic acids is 1. The molecule has 164 valence electrons. The van der Waals surface area contributed by atoms with Gasteiger partial charge in [-0.3, -0.25) is 4.79 Å². The molecule has 2 N–H and O–H groups in total. The number of nitrogens with one attached hydrogen (secondary N) is 2. The normalized spacial score (nSPS) is 15.3. The summed E-state index contributed by atoms with van der Waals surface area (Å²) in [6, 6.07) is 9.49. The van der Waals surface area contributed by atoms with Crippen LogP contribution < -0.4 is 10.2 Å². The number of morpholine rings is 1. The molecule has 1 aliphatic heterocycles. The molecule has 1 saturated heterocycles. The number of halogens is 3. The lowest BCUT2D eigenvalue weighted by Gasteiger charge is -2.23. The zero-order chi connectivity index (χ0) is 21.8. The summed E-state index contributed by atoms with van der Waals surface area (Å²) >= 11 is 0. The fourth-order valence-corrected chi connectivity index (χ4v) is 3.63. The van der Waals surface area contributed by atoms with E-state index >= 15 is 0 Å². The summed E-state index contributed by atoms with van der Waals surface area (Å²) < 4.78 is 46.9. The van der Waals surface area contributed by atoms with Gasteiger partial charge in [0.05, 0.1) is 31.6 Å². The topological polar surface area (TPSA) is 73.0 Å². The van der Waals surface area contributed by atoms with Crippen molar-refractivity contribution in [2.75, 3.05) is 39.4 Å². The third-order valence-corrected chi connectivity index (χ3v) is 5.27. The summed E-state index contributed by atoms with van der Waals surface area (Å²) in [6.45, 7) is 4.67. The molecule has 0 aliphatic carbocycles. The van der Waals surface area contributed by atoms with Crippen molar-refractivity contribution in [1.82, 2.24) is 19.9 Å². The lowest BCUT2D eigenvalue weighted by atomic mass is 10.1. The minimum absolute atomic E-state index is 0.0157. The van der Waals surface area contributed by atoms with Gasteiger partial charge in [0.2, 0.25) is 0 Å². The first-order valence-corrected chi connectivity index (χ1v) is 10.1. The second-order valence-corrected chi connectivity index (χ2v) is 7.41. The minimum Gasteiger partial charge on any atom is -0.370 e. The number of carbonyl (C=O) groups is 1. The molecule has 4 rings (SSSR count). The van der Waals surface area contributed by atoms with Gasteiger partial charge in [-0.2, -0.15) is 18.3 Å². The van der Waals surface area contributed by atoms with Crippen LogP contribution in [-0.4, -0.2) is 59.9 Å². The molecule has 0 spiro atoms. The number of ether oxygens (including phenoxy) is 1. The fraction of sp³-hybridized carbons (Fsp3) is 0.381. The number of alkyl halides is 3. The number of hydrogen-bond acceptors (Lipinski definition) is 4. The quantitative estimate of drug-likeness (QED) is 0.576. The first kappa shape index (κ1) is 21.3. The molecule has 3 aromatic rings. The molecule has 0 unspecified atom stereocenters. The Morgan fingerprint density at radius 1 is 1.19 bits per heavy atom. The van der Waals surface area contributed by atoms with Crippen molar-refractivity contribution in [2.45, 2.75) is 12.6 Å². The highest BCUT2D eigenvalue weighted by Crippen LogP contribution is 2.32. The van der Waals surface area contributed by atoms with Gasteiger partial charge in [-0.25, -0.2) is 9.50 Å². The van der Waals surface area contributed by atoms with Crippen LogP contribution in [0.15, 0.2) is 42.6 Å². The predicted octanol–water partition coefficient (Wildman–Crippen LogP) is 1.45. The molecular formula is C21H23F3N5O2+. The van der Waals surface area contributed by atoms with Crippen LogP contribution in [0.25, 0.3) is 16.9 Å². The highest BCUT2D eigenvalue weighted by atomic mass is 19.4.